The molecule has 0 spiro atoms. The van der Waals surface area contributed by atoms with E-state index >= 15 is 0 Å². The first-order valence-corrected chi connectivity index (χ1v) is 7.06. The van der Waals surface area contributed by atoms with Gasteiger partial charge in [-0.05, 0) is 24.3 Å². The van der Waals surface area contributed by atoms with Gasteiger partial charge in [0.1, 0.15) is 17.3 Å². The van der Waals surface area contributed by atoms with E-state index in [4.69, 9.17) is 16.3 Å². The van der Waals surface area contributed by atoms with Crippen LogP contribution in [0, 0.1) is 0 Å². The van der Waals surface area contributed by atoms with Crippen molar-refractivity contribution in [2.45, 2.75) is 0 Å². The summed E-state index contributed by atoms with van der Waals surface area (Å²) in [5.41, 5.74) is 1.88. The van der Waals surface area contributed by atoms with Crippen LogP contribution in [0.2, 0.25) is 5.02 Å². The van der Waals surface area contributed by atoms with Crippen LogP contribution in [0.1, 0.15) is 11.1 Å². The summed E-state index contributed by atoms with van der Waals surface area (Å²) >= 11 is 6.00. The highest BCUT2D eigenvalue weighted by atomic mass is 35.5. The van der Waals surface area contributed by atoms with Crippen molar-refractivity contribution in [1.29, 1.82) is 0 Å². The maximum Gasteiger partial charge on any atom is 0.275 e. The predicted octanol–water partition coefficient (Wildman–Crippen LogP) is 3.27. The number of hydrogen-bond donors (Lipinski definition) is 1. The predicted molar refractivity (Wildman–Crippen MR) is 87.1 cm³/mol. The fraction of sp³-hybridized carbons (Fsp3) is 0.0588. The zero-order valence-electron chi connectivity index (χ0n) is 11.8. The fourth-order valence-corrected chi connectivity index (χ4v) is 2.35. The van der Waals surface area contributed by atoms with Crippen molar-refractivity contribution >= 4 is 29.4 Å². The third-order valence-electron chi connectivity index (χ3n) is 3.23. The van der Waals surface area contributed by atoms with Crippen molar-refractivity contribution in [2.24, 2.45) is 4.99 Å². The van der Waals surface area contributed by atoms with Gasteiger partial charge in [-0.1, -0.05) is 41.9 Å². The van der Waals surface area contributed by atoms with Gasteiger partial charge in [-0.2, -0.15) is 0 Å². The monoisotopic (exact) mass is 312 g/mol. The molecular weight excluding hydrogens is 300 g/mol. The Morgan fingerprint density at radius 2 is 1.95 bits per heavy atom. The highest BCUT2D eigenvalue weighted by molar-refractivity contribution is 6.30. The molecule has 1 N–H and O–H groups in total. The molecule has 0 atom stereocenters. The minimum atomic E-state index is -0.249. The molecule has 5 heteroatoms. The van der Waals surface area contributed by atoms with Crippen LogP contribution in [0.25, 0.3) is 6.08 Å². The van der Waals surface area contributed by atoms with Gasteiger partial charge in [0.05, 0.1) is 7.11 Å². The normalized spacial score (nSPS) is 15.6. The molecule has 110 valence electrons. The topological polar surface area (TPSA) is 50.7 Å². The molecule has 22 heavy (non-hydrogen) atoms. The summed E-state index contributed by atoms with van der Waals surface area (Å²) in [4.78, 5) is 16.4. The number of methoxy groups -OCH3 is 1. The second-order valence-electron chi connectivity index (χ2n) is 4.70. The number of ether oxygens (including phenoxy) is 1. The molecule has 0 aliphatic carbocycles. The number of aliphatic imine (C=N–C) groups is 1. The van der Waals surface area contributed by atoms with E-state index in [2.05, 4.69) is 10.3 Å². The molecule has 0 fully saturated rings. The number of nitrogens with one attached hydrogen (secondary N) is 1. The third-order valence-corrected chi connectivity index (χ3v) is 3.46. The second kappa shape index (κ2) is 6.03. The number of halogens is 1. The van der Waals surface area contributed by atoms with E-state index in [0.717, 1.165) is 5.56 Å². The second-order valence-corrected chi connectivity index (χ2v) is 5.13. The number of benzene rings is 2. The van der Waals surface area contributed by atoms with E-state index in [1.807, 2.05) is 30.3 Å². The lowest BCUT2D eigenvalue weighted by Gasteiger charge is -2.05. The van der Waals surface area contributed by atoms with Gasteiger partial charge in [0.15, 0.2) is 0 Å². The van der Waals surface area contributed by atoms with E-state index in [9.17, 15) is 4.79 Å². The Balaban J connectivity index is 2.00. The lowest BCUT2D eigenvalue weighted by atomic mass is 10.1. The van der Waals surface area contributed by atoms with Gasteiger partial charge in [0.25, 0.3) is 5.91 Å². The number of amidine groups is 1. The maximum atomic E-state index is 12.1. The summed E-state index contributed by atoms with van der Waals surface area (Å²) in [6.07, 6.45) is 1.66. The number of rotatable bonds is 3. The highest BCUT2D eigenvalue weighted by Gasteiger charge is 2.21. The molecule has 1 heterocycles. The van der Waals surface area contributed by atoms with Gasteiger partial charge >= 0.3 is 0 Å². The molecule has 3 rings (SSSR count). The van der Waals surface area contributed by atoms with Crippen LogP contribution in [-0.2, 0) is 4.79 Å². The minimum absolute atomic E-state index is 0.249. The van der Waals surface area contributed by atoms with E-state index < -0.39 is 0 Å². The van der Waals surface area contributed by atoms with Gasteiger partial charge in [0.2, 0.25) is 0 Å². The first-order chi connectivity index (χ1) is 10.7. The zero-order chi connectivity index (χ0) is 15.5. The number of carbonyl (C=O) groups is 1. The van der Waals surface area contributed by atoms with Crippen LogP contribution in [0.5, 0.6) is 5.75 Å². The summed E-state index contributed by atoms with van der Waals surface area (Å²) in [5.74, 6) is 0.923. The standard InChI is InChI=1S/C17H13ClN2O2/c1-22-15-8-7-13(18)9-12(15)10-14-17(21)20-16(19-14)11-5-3-2-4-6-11/h2-10H,1H3,(H,19,20,21)/b14-10+. The summed E-state index contributed by atoms with van der Waals surface area (Å²) in [7, 11) is 1.57. The molecule has 2 aromatic rings. The molecule has 0 saturated carbocycles. The largest absolute Gasteiger partial charge is 0.496 e. The van der Waals surface area contributed by atoms with Crippen LogP contribution in [-0.4, -0.2) is 18.9 Å². The average Bonchev–Trinajstić information content (AvgIpc) is 2.90. The number of carbonyl (C=O) groups excluding carboxylic acids is 1. The van der Waals surface area contributed by atoms with E-state index in [1.54, 1.807) is 31.4 Å². The Hall–Kier alpha value is -2.59. The quantitative estimate of drug-likeness (QED) is 0.884. The lowest BCUT2D eigenvalue weighted by molar-refractivity contribution is -0.115. The fourth-order valence-electron chi connectivity index (χ4n) is 2.17. The van der Waals surface area contributed by atoms with Crippen LogP contribution < -0.4 is 10.1 Å². The smallest absolute Gasteiger partial charge is 0.275 e. The van der Waals surface area contributed by atoms with Crippen molar-refractivity contribution in [1.82, 2.24) is 5.32 Å². The lowest BCUT2D eigenvalue weighted by Crippen LogP contribution is -2.24. The van der Waals surface area contributed by atoms with Gasteiger partial charge in [-0.25, -0.2) is 4.99 Å². The molecule has 1 aliphatic rings. The van der Waals surface area contributed by atoms with Gasteiger partial charge in [-0.3, -0.25) is 4.79 Å². The van der Waals surface area contributed by atoms with Crippen LogP contribution in [0.3, 0.4) is 0 Å². The summed E-state index contributed by atoms with van der Waals surface area (Å²) in [5, 5.41) is 3.33. The molecule has 0 saturated heterocycles. The molecule has 1 amide bonds. The highest BCUT2D eigenvalue weighted by Crippen LogP contribution is 2.26. The molecule has 0 bridgehead atoms. The first kappa shape index (κ1) is 14.4. The SMILES string of the molecule is COc1ccc(Cl)cc1/C=C1/N=C(c2ccccc2)NC1=O. The van der Waals surface area contributed by atoms with Crippen LogP contribution in [0.4, 0.5) is 0 Å². The van der Waals surface area contributed by atoms with E-state index in [1.165, 1.54) is 0 Å². The molecule has 2 aromatic carbocycles. The number of nitrogens with zero attached hydrogens (tertiary/aromatic N) is 1. The Morgan fingerprint density at radius 1 is 1.18 bits per heavy atom. The Kier molecular flexibility index (Phi) is 3.94. The number of amides is 1. The van der Waals surface area contributed by atoms with Crippen molar-refractivity contribution < 1.29 is 9.53 Å². The van der Waals surface area contributed by atoms with Crippen molar-refractivity contribution in [3.8, 4) is 5.75 Å². The van der Waals surface area contributed by atoms with Gasteiger partial charge in [-0.15, -0.1) is 0 Å². The average molecular weight is 313 g/mol. The molecule has 4 nitrogen and oxygen atoms in total. The van der Waals surface area contributed by atoms with Crippen LogP contribution in [0.15, 0.2) is 59.2 Å². The van der Waals surface area contributed by atoms with E-state index in [-0.39, 0.29) is 5.91 Å². The molecule has 0 unspecified atom stereocenters. The Morgan fingerprint density at radius 3 is 2.68 bits per heavy atom. The zero-order valence-corrected chi connectivity index (χ0v) is 12.6. The molecule has 0 aromatic heterocycles. The Labute approximate surface area is 133 Å². The van der Waals surface area contributed by atoms with Crippen molar-refractivity contribution in [2.75, 3.05) is 7.11 Å². The van der Waals surface area contributed by atoms with Crippen LogP contribution >= 0.6 is 11.6 Å². The van der Waals surface area contributed by atoms with Crippen molar-refractivity contribution in [3.05, 3.63) is 70.4 Å². The summed E-state index contributed by atoms with van der Waals surface area (Å²) in [6, 6.07) is 14.7. The summed E-state index contributed by atoms with van der Waals surface area (Å²) < 4.78 is 5.27. The Bertz CT molecular complexity index is 783. The molecule has 0 radical (unpaired) electrons. The third kappa shape index (κ3) is 2.87. The molecular formula is C17H13ClN2O2. The summed E-state index contributed by atoms with van der Waals surface area (Å²) in [6.45, 7) is 0. The van der Waals surface area contributed by atoms with Crippen molar-refractivity contribution in [3.63, 3.8) is 0 Å². The van der Waals surface area contributed by atoms with Gasteiger partial charge in [0, 0.05) is 16.1 Å². The maximum absolute atomic E-state index is 12.1. The minimum Gasteiger partial charge on any atom is -0.496 e. The van der Waals surface area contributed by atoms with Gasteiger partial charge < -0.3 is 10.1 Å². The number of hydrogen-bond acceptors (Lipinski definition) is 3. The van der Waals surface area contributed by atoms with E-state index in [0.29, 0.717) is 27.9 Å². The first-order valence-electron chi connectivity index (χ1n) is 6.68. The molecule has 1 aliphatic heterocycles.